The lowest BCUT2D eigenvalue weighted by molar-refractivity contribution is -0.150. The highest BCUT2D eigenvalue weighted by Gasteiger charge is 2.47. The van der Waals surface area contributed by atoms with Gasteiger partial charge in [-0.25, -0.2) is 0 Å². The number of carboxylic acids is 1. The van der Waals surface area contributed by atoms with Crippen LogP contribution >= 0.6 is 0 Å². The standard InChI is InChI=1S/C15H30N2O2/c1-5-17(6-2)11-10-16-15(14(18)19)9-7-8-12(3)13(15)4/h12-13,16H,5-11H2,1-4H3,(H,18,19). The molecule has 112 valence electrons. The molecule has 0 spiro atoms. The number of aliphatic carboxylic acids is 1. The van der Waals surface area contributed by atoms with E-state index in [1.807, 2.05) is 0 Å². The summed E-state index contributed by atoms with van der Waals surface area (Å²) < 4.78 is 0. The smallest absolute Gasteiger partial charge is 0.324 e. The first kappa shape index (κ1) is 16.4. The lowest BCUT2D eigenvalue weighted by Crippen LogP contribution is -2.61. The number of hydrogen-bond acceptors (Lipinski definition) is 3. The van der Waals surface area contributed by atoms with Crippen LogP contribution in [-0.2, 0) is 4.79 Å². The zero-order valence-electron chi connectivity index (χ0n) is 12.9. The molecule has 3 unspecified atom stereocenters. The maximum atomic E-state index is 11.8. The molecule has 2 N–H and O–H groups in total. The van der Waals surface area contributed by atoms with Crippen molar-refractivity contribution in [3.63, 3.8) is 0 Å². The summed E-state index contributed by atoms with van der Waals surface area (Å²) in [5.41, 5.74) is -0.717. The molecule has 1 rings (SSSR count). The molecule has 1 saturated carbocycles. The summed E-state index contributed by atoms with van der Waals surface area (Å²) in [6.07, 6.45) is 2.91. The minimum absolute atomic E-state index is 0.190. The van der Waals surface area contributed by atoms with Gasteiger partial charge in [0.15, 0.2) is 0 Å². The maximum absolute atomic E-state index is 11.8. The predicted octanol–water partition coefficient (Wildman–Crippen LogP) is 2.20. The Labute approximate surface area is 117 Å². The number of hydrogen-bond donors (Lipinski definition) is 2. The lowest BCUT2D eigenvalue weighted by Gasteiger charge is -2.43. The second-order valence-corrected chi connectivity index (χ2v) is 5.89. The molecular formula is C15H30N2O2. The van der Waals surface area contributed by atoms with Gasteiger partial charge in [-0.3, -0.25) is 4.79 Å². The quantitative estimate of drug-likeness (QED) is 0.744. The van der Waals surface area contributed by atoms with Crippen molar-refractivity contribution in [1.82, 2.24) is 10.2 Å². The Bertz CT molecular complexity index is 292. The molecule has 1 aliphatic carbocycles. The number of likely N-dealkylation sites (N-methyl/N-ethyl adjacent to an activating group) is 1. The molecule has 0 aromatic heterocycles. The fraction of sp³-hybridized carbons (Fsp3) is 0.933. The van der Waals surface area contributed by atoms with Crippen molar-refractivity contribution < 1.29 is 9.90 Å². The Morgan fingerprint density at radius 2 is 2.00 bits per heavy atom. The van der Waals surface area contributed by atoms with Crippen LogP contribution in [-0.4, -0.2) is 47.7 Å². The van der Waals surface area contributed by atoms with Crippen molar-refractivity contribution in [3.8, 4) is 0 Å². The van der Waals surface area contributed by atoms with Crippen LogP contribution in [0.5, 0.6) is 0 Å². The third-order valence-corrected chi connectivity index (χ3v) is 5.01. The van der Waals surface area contributed by atoms with Gasteiger partial charge in [-0.1, -0.05) is 40.5 Å². The SMILES string of the molecule is CCN(CC)CCNC1(C(=O)O)CCCC(C)C1C. The molecule has 0 saturated heterocycles. The van der Waals surface area contributed by atoms with Crippen LogP contribution < -0.4 is 5.32 Å². The van der Waals surface area contributed by atoms with Crippen LogP contribution in [0, 0.1) is 11.8 Å². The first-order valence-corrected chi connectivity index (χ1v) is 7.68. The van der Waals surface area contributed by atoms with Crippen LogP contribution in [0.25, 0.3) is 0 Å². The first-order valence-electron chi connectivity index (χ1n) is 7.68. The fourth-order valence-electron chi connectivity index (χ4n) is 3.27. The summed E-state index contributed by atoms with van der Waals surface area (Å²) in [6.45, 7) is 12.3. The van der Waals surface area contributed by atoms with Gasteiger partial charge in [0.25, 0.3) is 0 Å². The molecule has 0 bridgehead atoms. The van der Waals surface area contributed by atoms with E-state index < -0.39 is 11.5 Å². The summed E-state index contributed by atoms with van der Waals surface area (Å²) in [4.78, 5) is 14.1. The monoisotopic (exact) mass is 270 g/mol. The van der Waals surface area contributed by atoms with Crippen LogP contribution in [0.4, 0.5) is 0 Å². The summed E-state index contributed by atoms with van der Waals surface area (Å²) in [7, 11) is 0. The highest BCUT2D eigenvalue weighted by molar-refractivity contribution is 5.79. The highest BCUT2D eigenvalue weighted by Crippen LogP contribution is 2.37. The van der Waals surface area contributed by atoms with Gasteiger partial charge in [0.2, 0.25) is 0 Å². The third kappa shape index (κ3) is 3.69. The van der Waals surface area contributed by atoms with Crippen molar-refractivity contribution in [2.24, 2.45) is 11.8 Å². The molecule has 0 heterocycles. The number of carboxylic acid groups (broad SMARTS) is 1. The van der Waals surface area contributed by atoms with Crippen molar-refractivity contribution in [3.05, 3.63) is 0 Å². The van der Waals surface area contributed by atoms with E-state index in [2.05, 4.69) is 37.9 Å². The Balaban J connectivity index is 2.64. The maximum Gasteiger partial charge on any atom is 0.324 e. The Morgan fingerprint density at radius 1 is 1.37 bits per heavy atom. The van der Waals surface area contributed by atoms with Crippen molar-refractivity contribution >= 4 is 5.97 Å². The van der Waals surface area contributed by atoms with Gasteiger partial charge in [-0.2, -0.15) is 0 Å². The molecule has 0 amide bonds. The van der Waals surface area contributed by atoms with E-state index in [4.69, 9.17) is 0 Å². The second-order valence-electron chi connectivity index (χ2n) is 5.89. The molecule has 1 fully saturated rings. The minimum Gasteiger partial charge on any atom is -0.480 e. The van der Waals surface area contributed by atoms with Gasteiger partial charge >= 0.3 is 5.97 Å². The number of nitrogens with one attached hydrogen (secondary N) is 1. The molecule has 0 aliphatic heterocycles. The van der Waals surface area contributed by atoms with Gasteiger partial charge < -0.3 is 15.3 Å². The van der Waals surface area contributed by atoms with Crippen LogP contribution in [0.2, 0.25) is 0 Å². The van der Waals surface area contributed by atoms with Gasteiger partial charge in [-0.05, 0) is 31.3 Å². The normalized spacial score (nSPS) is 31.6. The number of rotatable bonds is 7. The fourth-order valence-corrected chi connectivity index (χ4v) is 3.27. The first-order chi connectivity index (χ1) is 8.97. The molecule has 4 nitrogen and oxygen atoms in total. The molecular weight excluding hydrogens is 240 g/mol. The third-order valence-electron chi connectivity index (χ3n) is 5.01. The van der Waals surface area contributed by atoms with Gasteiger partial charge in [0.05, 0.1) is 0 Å². The van der Waals surface area contributed by atoms with Crippen LogP contribution in [0.3, 0.4) is 0 Å². The zero-order valence-corrected chi connectivity index (χ0v) is 12.9. The Morgan fingerprint density at radius 3 is 2.53 bits per heavy atom. The molecule has 1 aliphatic rings. The number of nitrogens with zero attached hydrogens (tertiary/aromatic N) is 1. The average Bonchev–Trinajstić information content (AvgIpc) is 2.39. The average molecular weight is 270 g/mol. The van der Waals surface area contributed by atoms with E-state index in [9.17, 15) is 9.90 Å². The predicted molar refractivity (Wildman–Crippen MR) is 78.3 cm³/mol. The molecule has 4 heteroatoms. The van der Waals surface area contributed by atoms with Gasteiger partial charge in [0.1, 0.15) is 5.54 Å². The van der Waals surface area contributed by atoms with Gasteiger partial charge in [0, 0.05) is 13.1 Å². The van der Waals surface area contributed by atoms with Crippen molar-refractivity contribution in [2.45, 2.75) is 52.5 Å². The minimum atomic E-state index is -0.717. The van der Waals surface area contributed by atoms with E-state index >= 15 is 0 Å². The molecule has 0 radical (unpaired) electrons. The molecule has 3 atom stereocenters. The number of carbonyl (C=O) groups is 1. The van der Waals surface area contributed by atoms with Crippen LogP contribution in [0.15, 0.2) is 0 Å². The van der Waals surface area contributed by atoms with Gasteiger partial charge in [-0.15, -0.1) is 0 Å². The summed E-state index contributed by atoms with van der Waals surface area (Å²) in [6, 6.07) is 0. The summed E-state index contributed by atoms with van der Waals surface area (Å²) in [5.74, 6) is -0.00708. The second kappa shape index (κ2) is 7.25. The van der Waals surface area contributed by atoms with E-state index in [0.717, 1.165) is 45.4 Å². The zero-order chi connectivity index (χ0) is 14.5. The Hall–Kier alpha value is -0.610. The summed E-state index contributed by atoms with van der Waals surface area (Å²) in [5, 5.41) is 13.1. The largest absolute Gasteiger partial charge is 0.480 e. The van der Waals surface area contributed by atoms with Crippen molar-refractivity contribution in [1.29, 1.82) is 0 Å². The molecule has 19 heavy (non-hydrogen) atoms. The van der Waals surface area contributed by atoms with Crippen LogP contribution in [0.1, 0.15) is 47.0 Å². The lowest BCUT2D eigenvalue weighted by atomic mass is 9.68. The molecule has 0 aromatic rings. The van der Waals surface area contributed by atoms with E-state index in [1.54, 1.807) is 0 Å². The van der Waals surface area contributed by atoms with Crippen molar-refractivity contribution in [2.75, 3.05) is 26.2 Å². The molecule has 0 aromatic carbocycles. The van der Waals surface area contributed by atoms with E-state index in [0.29, 0.717) is 5.92 Å². The topological polar surface area (TPSA) is 52.6 Å². The van der Waals surface area contributed by atoms with E-state index in [-0.39, 0.29) is 5.92 Å². The highest BCUT2D eigenvalue weighted by atomic mass is 16.4. The Kier molecular flexibility index (Phi) is 6.27. The van der Waals surface area contributed by atoms with E-state index in [1.165, 1.54) is 0 Å². The summed E-state index contributed by atoms with van der Waals surface area (Å²) >= 11 is 0.